The molecule has 1 rings (SSSR count). The first-order valence-corrected chi connectivity index (χ1v) is 5.90. The van der Waals surface area contributed by atoms with Crippen LogP contribution < -0.4 is 20.6 Å². The van der Waals surface area contributed by atoms with Crippen molar-refractivity contribution in [2.45, 2.75) is 20.8 Å². The Kier molecular flexibility index (Phi) is 5.41. The number of benzene rings is 1. The minimum atomic E-state index is -0.814. The highest BCUT2D eigenvalue weighted by Crippen LogP contribution is 2.24. The molecule has 2 amide bonds. The number of urea groups is 1. The van der Waals surface area contributed by atoms with Gasteiger partial charge in [0.05, 0.1) is 5.71 Å². The number of primary amides is 1. The van der Waals surface area contributed by atoms with E-state index >= 15 is 0 Å². The van der Waals surface area contributed by atoms with E-state index in [1.54, 1.807) is 6.92 Å². The van der Waals surface area contributed by atoms with Crippen molar-refractivity contribution in [1.82, 2.24) is 5.43 Å². The van der Waals surface area contributed by atoms with Gasteiger partial charge in [-0.1, -0.05) is 0 Å². The number of rotatable bonds is 4. The Balaban J connectivity index is 3.16. The summed E-state index contributed by atoms with van der Waals surface area (Å²) in [6.45, 7) is 4.09. The maximum Gasteiger partial charge on any atom is 0.332 e. The van der Waals surface area contributed by atoms with Crippen molar-refractivity contribution in [2.75, 3.05) is 0 Å². The Hall–Kier alpha value is -2.90. The van der Waals surface area contributed by atoms with Crippen molar-refractivity contribution >= 4 is 23.7 Å². The molecular formula is C13H15N3O5. The lowest BCUT2D eigenvalue weighted by atomic mass is 10.1. The minimum absolute atomic E-state index is 0.185. The molecule has 0 saturated carbocycles. The largest absolute Gasteiger partial charge is 0.427 e. The first-order valence-electron chi connectivity index (χ1n) is 5.90. The maximum absolute atomic E-state index is 11.0. The zero-order valence-corrected chi connectivity index (χ0v) is 11.8. The third-order valence-corrected chi connectivity index (χ3v) is 2.15. The average molecular weight is 293 g/mol. The number of nitrogens with two attached hydrogens (primary N) is 1. The lowest BCUT2D eigenvalue weighted by molar-refractivity contribution is -0.132. The number of nitrogens with one attached hydrogen (secondary N) is 1. The molecule has 0 aliphatic carbocycles. The third-order valence-electron chi connectivity index (χ3n) is 2.15. The second-order valence-electron chi connectivity index (χ2n) is 4.05. The van der Waals surface area contributed by atoms with Gasteiger partial charge in [-0.25, -0.2) is 10.2 Å². The van der Waals surface area contributed by atoms with Gasteiger partial charge >= 0.3 is 18.0 Å². The van der Waals surface area contributed by atoms with E-state index in [2.05, 4.69) is 10.5 Å². The monoisotopic (exact) mass is 293 g/mol. The quantitative estimate of drug-likeness (QED) is 0.370. The van der Waals surface area contributed by atoms with E-state index in [9.17, 15) is 14.4 Å². The molecule has 8 nitrogen and oxygen atoms in total. The fourth-order valence-electron chi connectivity index (χ4n) is 1.43. The number of hydrogen-bond acceptors (Lipinski definition) is 6. The van der Waals surface area contributed by atoms with Crippen LogP contribution in [0.1, 0.15) is 26.3 Å². The maximum atomic E-state index is 11.0. The van der Waals surface area contributed by atoms with Crippen LogP contribution in [-0.4, -0.2) is 23.7 Å². The van der Waals surface area contributed by atoms with E-state index in [1.165, 1.54) is 32.0 Å². The van der Waals surface area contributed by atoms with Gasteiger partial charge in [-0.2, -0.15) is 5.10 Å². The van der Waals surface area contributed by atoms with Gasteiger partial charge in [-0.05, 0) is 19.1 Å². The van der Waals surface area contributed by atoms with Crippen molar-refractivity contribution in [3.05, 3.63) is 23.8 Å². The summed E-state index contributed by atoms with van der Waals surface area (Å²) in [5.74, 6) is -0.675. The van der Waals surface area contributed by atoms with Gasteiger partial charge < -0.3 is 15.2 Å². The molecule has 112 valence electrons. The molecule has 0 aliphatic heterocycles. The van der Waals surface area contributed by atoms with Crippen LogP contribution in [-0.2, 0) is 9.59 Å². The molecule has 0 spiro atoms. The molecule has 0 heterocycles. The predicted octanol–water partition coefficient (Wildman–Crippen LogP) is 0.930. The minimum Gasteiger partial charge on any atom is -0.427 e. The lowest BCUT2D eigenvalue weighted by Gasteiger charge is -2.09. The molecule has 0 fully saturated rings. The molecule has 0 atom stereocenters. The number of hydrogen-bond donors (Lipinski definition) is 2. The SMILES string of the molecule is CC(=O)Oc1cc(OC(C)=O)cc(/C(C)=N\NC(N)=O)c1. The standard InChI is InChI=1S/C13H15N3O5/c1-7(15-16-13(14)19)10-4-11(20-8(2)17)6-12(5-10)21-9(3)18/h4-6H,1-3H3,(H3,14,16,19)/b15-7-. The summed E-state index contributed by atoms with van der Waals surface area (Å²) in [5, 5.41) is 3.75. The smallest absolute Gasteiger partial charge is 0.332 e. The Labute approximate surface area is 120 Å². The predicted molar refractivity (Wildman–Crippen MR) is 74.0 cm³/mol. The number of carbonyl (C=O) groups is 3. The van der Waals surface area contributed by atoms with Gasteiger partial charge in [0.2, 0.25) is 0 Å². The fraction of sp³-hybridized carbons (Fsp3) is 0.231. The Morgan fingerprint density at radius 3 is 1.86 bits per heavy atom. The van der Waals surface area contributed by atoms with Gasteiger partial charge in [-0.15, -0.1) is 0 Å². The van der Waals surface area contributed by atoms with Crippen molar-refractivity contribution in [1.29, 1.82) is 0 Å². The summed E-state index contributed by atoms with van der Waals surface area (Å²) in [5.41, 5.74) is 7.86. The molecule has 0 saturated heterocycles. The van der Waals surface area contributed by atoms with Crippen LogP contribution >= 0.6 is 0 Å². The molecule has 8 heteroatoms. The highest BCUT2D eigenvalue weighted by Gasteiger charge is 2.09. The zero-order chi connectivity index (χ0) is 16.0. The summed E-state index contributed by atoms with van der Waals surface area (Å²) in [6, 6.07) is 3.60. The zero-order valence-electron chi connectivity index (χ0n) is 11.8. The summed E-state index contributed by atoms with van der Waals surface area (Å²) >= 11 is 0. The Morgan fingerprint density at radius 2 is 1.48 bits per heavy atom. The van der Waals surface area contributed by atoms with E-state index in [1.807, 2.05) is 0 Å². The molecular weight excluding hydrogens is 278 g/mol. The lowest BCUT2D eigenvalue weighted by Crippen LogP contribution is -2.25. The topological polar surface area (TPSA) is 120 Å². The number of amides is 2. The van der Waals surface area contributed by atoms with E-state index in [0.29, 0.717) is 11.3 Å². The van der Waals surface area contributed by atoms with Crippen molar-refractivity contribution in [3.63, 3.8) is 0 Å². The van der Waals surface area contributed by atoms with Gasteiger partial charge in [0.15, 0.2) is 0 Å². The molecule has 0 unspecified atom stereocenters. The molecule has 3 N–H and O–H groups in total. The highest BCUT2D eigenvalue weighted by atomic mass is 16.5. The molecule has 1 aromatic carbocycles. The van der Waals surface area contributed by atoms with Crippen LogP contribution in [0.3, 0.4) is 0 Å². The summed E-state index contributed by atoms with van der Waals surface area (Å²) in [7, 11) is 0. The van der Waals surface area contributed by atoms with Crippen LogP contribution in [0.15, 0.2) is 23.3 Å². The van der Waals surface area contributed by atoms with E-state index in [0.717, 1.165) is 0 Å². The summed E-state index contributed by atoms with van der Waals surface area (Å²) in [4.78, 5) is 32.6. The van der Waals surface area contributed by atoms with Crippen LogP contribution in [0.4, 0.5) is 4.79 Å². The van der Waals surface area contributed by atoms with E-state index < -0.39 is 18.0 Å². The normalized spacial score (nSPS) is 10.7. The summed E-state index contributed by atoms with van der Waals surface area (Å²) < 4.78 is 9.91. The molecule has 21 heavy (non-hydrogen) atoms. The molecule has 0 aromatic heterocycles. The fourth-order valence-corrected chi connectivity index (χ4v) is 1.43. The van der Waals surface area contributed by atoms with Crippen molar-refractivity contribution < 1.29 is 23.9 Å². The number of hydrazone groups is 1. The van der Waals surface area contributed by atoms with E-state index in [-0.39, 0.29) is 11.5 Å². The number of esters is 2. The van der Waals surface area contributed by atoms with Crippen LogP contribution in [0, 0.1) is 0 Å². The summed E-state index contributed by atoms with van der Waals surface area (Å²) in [6.07, 6.45) is 0. The van der Waals surface area contributed by atoms with Gasteiger partial charge in [-0.3, -0.25) is 9.59 Å². The Bertz CT molecular complexity index is 576. The Morgan fingerprint density at radius 1 is 1.00 bits per heavy atom. The van der Waals surface area contributed by atoms with Crippen LogP contribution in [0.25, 0.3) is 0 Å². The number of nitrogens with zero attached hydrogens (tertiary/aromatic N) is 1. The van der Waals surface area contributed by atoms with Gasteiger partial charge in [0.25, 0.3) is 0 Å². The van der Waals surface area contributed by atoms with Crippen LogP contribution in [0.5, 0.6) is 11.5 Å². The van der Waals surface area contributed by atoms with Crippen LogP contribution in [0.2, 0.25) is 0 Å². The van der Waals surface area contributed by atoms with Gasteiger partial charge in [0.1, 0.15) is 11.5 Å². The van der Waals surface area contributed by atoms with Crippen molar-refractivity contribution in [3.8, 4) is 11.5 Å². The van der Waals surface area contributed by atoms with Crippen molar-refractivity contribution in [2.24, 2.45) is 10.8 Å². The number of carbonyl (C=O) groups excluding carboxylic acids is 3. The number of ether oxygens (including phenoxy) is 2. The second-order valence-corrected chi connectivity index (χ2v) is 4.05. The average Bonchev–Trinajstić information content (AvgIpc) is 2.33. The molecule has 0 aliphatic rings. The first kappa shape index (κ1) is 16.2. The molecule has 1 aromatic rings. The first-order chi connectivity index (χ1) is 9.77. The van der Waals surface area contributed by atoms with E-state index in [4.69, 9.17) is 15.2 Å². The molecule has 0 radical (unpaired) electrons. The third kappa shape index (κ3) is 5.72. The molecule has 0 bridgehead atoms. The van der Waals surface area contributed by atoms with Gasteiger partial charge in [0, 0.05) is 25.5 Å². The highest BCUT2D eigenvalue weighted by molar-refractivity contribution is 6.00. The second kappa shape index (κ2) is 7.04.